The Morgan fingerprint density at radius 2 is 1.57 bits per heavy atom. The molecule has 0 saturated carbocycles. The number of aryl methyl sites for hydroxylation is 1. The van der Waals surface area contributed by atoms with Crippen LogP contribution in [0.5, 0.6) is 0 Å². The molecule has 0 aliphatic carbocycles. The highest BCUT2D eigenvalue weighted by Gasteiger charge is 2.22. The number of rotatable bonds is 7. The third-order valence-electron chi connectivity index (χ3n) is 3.62. The fourth-order valence-electron chi connectivity index (χ4n) is 2.54. The molecule has 0 radical (unpaired) electrons. The maximum atomic E-state index is 10.7. The van der Waals surface area contributed by atoms with E-state index < -0.39 is 6.10 Å². The topological polar surface area (TPSA) is 29.5 Å². The Labute approximate surface area is 127 Å². The Bertz CT molecular complexity index is 519. The number of hydrogen-bond acceptors (Lipinski definition) is 2. The van der Waals surface area contributed by atoms with E-state index in [1.807, 2.05) is 49.4 Å². The molecule has 2 unspecified atom stereocenters. The van der Waals surface area contributed by atoms with Crippen molar-refractivity contribution in [1.82, 2.24) is 0 Å². The van der Waals surface area contributed by atoms with Crippen LogP contribution in [-0.2, 0) is 11.2 Å². The zero-order valence-electron chi connectivity index (χ0n) is 12.8. The van der Waals surface area contributed by atoms with Gasteiger partial charge in [0.15, 0.2) is 0 Å². The number of aliphatic hydroxyl groups excluding tert-OH is 1. The lowest BCUT2D eigenvalue weighted by atomic mass is 9.97. The normalized spacial score (nSPS) is 13.9. The van der Waals surface area contributed by atoms with Crippen LogP contribution in [0.25, 0.3) is 0 Å². The molecule has 0 spiro atoms. The first-order chi connectivity index (χ1) is 10.3. The Hall–Kier alpha value is -1.64. The minimum absolute atomic E-state index is 0.326. The largest absolute Gasteiger partial charge is 0.385 e. The average molecular weight is 284 g/mol. The molecule has 0 amide bonds. The molecule has 2 aromatic rings. The van der Waals surface area contributed by atoms with Crippen molar-refractivity contribution in [2.45, 2.75) is 38.9 Å². The van der Waals surface area contributed by atoms with Gasteiger partial charge in [-0.05, 0) is 30.0 Å². The summed E-state index contributed by atoms with van der Waals surface area (Å²) in [5.74, 6) is 0. The Morgan fingerprint density at radius 1 is 0.905 bits per heavy atom. The van der Waals surface area contributed by atoms with Crippen LogP contribution >= 0.6 is 0 Å². The summed E-state index contributed by atoms with van der Waals surface area (Å²) in [4.78, 5) is 0. The van der Waals surface area contributed by atoms with E-state index in [9.17, 15) is 5.11 Å². The van der Waals surface area contributed by atoms with Gasteiger partial charge < -0.3 is 9.84 Å². The molecule has 1 N–H and O–H groups in total. The van der Waals surface area contributed by atoms with Gasteiger partial charge in [0.05, 0.1) is 0 Å². The molecular weight excluding hydrogens is 260 g/mol. The van der Waals surface area contributed by atoms with Crippen LogP contribution in [-0.4, -0.2) is 11.7 Å². The van der Waals surface area contributed by atoms with Gasteiger partial charge in [0, 0.05) is 6.61 Å². The van der Waals surface area contributed by atoms with Gasteiger partial charge >= 0.3 is 0 Å². The van der Waals surface area contributed by atoms with Crippen LogP contribution in [0.2, 0.25) is 0 Å². The van der Waals surface area contributed by atoms with E-state index in [1.165, 1.54) is 5.56 Å². The highest BCUT2D eigenvalue weighted by atomic mass is 16.5. The first-order valence-corrected chi connectivity index (χ1v) is 7.69. The predicted octanol–water partition coefficient (Wildman–Crippen LogP) is 4.45. The molecule has 0 aromatic heterocycles. The standard InChI is InChI=1S/C19H24O2/c1-3-8-15-11-13-16(14-12-15)18(20)19(21-4-2)17-9-6-5-7-10-17/h5-7,9-14,18-20H,3-4,8H2,1-2H3. The third kappa shape index (κ3) is 4.16. The van der Waals surface area contributed by atoms with Crippen molar-refractivity contribution in [2.24, 2.45) is 0 Å². The van der Waals surface area contributed by atoms with E-state index >= 15 is 0 Å². The van der Waals surface area contributed by atoms with E-state index in [0.29, 0.717) is 6.61 Å². The number of ether oxygens (including phenoxy) is 1. The smallest absolute Gasteiger partial charge is 0.112 e. The first-order valence-electron chi connectivity index (χ1n) is 7.69. The highest BCUT2D eigenvalue weighted by molar-refractivity contribution is 5.28. The van der Waals surface area contributed by atoms with Gasteiger partial charge in [-0.1, -0.05) is 67.9 Å². The summed E-state index contributed by atoms with van der Waals surface area (Å²) in [6.45, 7) is 4.70. The lowest BCUT2D eigenvalue weighted by Crippen LogP contribution is -2.14. The zero-order chi connectivity index (χ0) is 15.1. The van der Waals surface area contributed by atoms with Crippen LogP contribution in [0.4, 0.5) is 0 Å². The summed E-state index contributed by atoms with van der Waals surface area (Å²) < 4.78 is 5.77. The van der Waals surface area contributed by atoms with Crippen molar-refractivity contribution in [3.8, 4) is 0 Å². The van der Waals surface area contributed by atoms with Crippen LogP contribution in [0, 0.1) is 0 Å². The maximum absolute atomic E-state index is 10.7. The van der Waals surface area contributed by atoms with E-state index in [-0.39, 0.29) is 6.10 Å². The van der Waals surface area contributed by atoms with Gasteiger partial charge in [0.25, 0.3) is 0 Å². The first kappa shape index (κ1) is 15.7. The fraction of sp³-hybridized carbons (Fsp3) is 0.368. The molecule has 21 heavy (non-hydrogen) atoms. The van der Waals surface area contributed by atoms with Gasteiger partial charge in [-0.25, -0.2) is 0 Å². The van der Waals surface area contributed by atoms with Gasteiger partial charge in [-0.2, -0.15) is 0 Å². The molecule has 0 saturated heterocycles. The molecule has 0 fully saturated rings. The Kier molecular flexibility index (Phi) is 5.97. The molecule has 2 atom stereocenters. The SMILES string of the molecule is CCCc1ccc(C(O)C(OCC)c2ccccc2)cc1. The molecule has 2 nitrogen and oxygen atoms in total. The highest BCUT2D eigenvalue weighted by Crippen LogP contribution is 2.32. The summed E-state index contributed by atoms with van der Waals surface area (Å²) in [7, 11) is 0. The van der Waals surface area contributed by atoms with Crippen molar-refractivity contribution in [1.29, 1.82) is 0 Å². The maximum Gasteiger partial charge on any atom is 0.112 e. The molecule has 0 heterocycles. The van der Waals surface area contributed by atoms with Crippen molar-refractivity contribution in [3.63, 3.8) is 0 Å². The van der Waals surface area contributed by atoms with E-state index in [0.717, 1.165) is 24.0 Å². The van der Waals surface area contributed by atoms with Gasteiger partial charge in [-0.15, -0.1) is 0 Å². The van der Waals surface area contributed by atoms with Crippen LogP contribution in [0.3, 0.4) is 0 Å². The van der Waals surface area contributed by atoms with Gasteiger partial charge in [0.1, 0.15) is 12.2 Å². The summed E-state index contributed by atoms with van der Waals surface area (Å²) in [5, 5.41) is 10.7. The molecular formula is C19H24O2. The molecule has 0 aliphatic rings. The summed E-state index contributed by atoms with van der Waals surface area (Å²) in [6.07, 6.45) is 1.23. The minimum Gasteiger partial charge on any atom is -0.385 e. The van der Waals surface area contributed by atoms with Crippen LogP contribution < -0.4 is 0 Å². The minimum atomic E-state index is -0.650. The molecule has 2 heteroatoms. The zero-order valence-corrected chi connectivity index (χ0v) is 12.8. The van der Waals surface area contributed by atoms with E-state index in [4.69, 9.17) is 4.74 Å². The quantitative estimate of drug-likeness (QED) is 0.814. The van der Waals surface area contributed by atoms with Crippen molar-refractivity contribution >= 4 is 0 Å². The average Bonchev–Trinajstić information content (AvgIpc) is 2.54. The van der Waals surface area contributed by atoms with Gasteiger partial charge in [-0.3, -0.25) is 0 Å². The molecule has 0 bridgehead atoms. The molecule has 0 aliphatic heterocycles. The second-order valence-corrected chi connectivity index (χ2v) is 5.22. The van der Waals surface area contributed by atoms with Crippen molar-refractivity contribution < 1.29 is 9.84 Å². The predicted molar refractivity (Wildman–Crippen MR) is 86.2 cm³/mol. The number of benzene rings is 2. The number of hydrogen-bond donors (Lipinski definition) is 1. The summed E-state index contributed by atoms with van der Waals surface area (Å²) in [5.41, 5.74) is 3.21. The second-order valence-electron chi connectivity index (χ2n) is 5.22. The van der Waals surface area contributed by atoms with Crippen molar-refractivity contribution in [3.05, 3.63) is 71.3 Å². The monoisotopic (exact) mass is 284 g/mol. The van der Waals surface area contributed by atoms with E-state index in [2.05, 4.69) is 19.1 Å². The molecule has 2 rings (SSSR count). The second kappa shape index (κ2) is 7.96. The van der Waals surface area contributed by atoms with Crippen LogP contribution in [0.1, 0.15) is 49.2 Å². The Balaban J connectivity index is 2.19. The Morgan fingerprint density at radius 3 is 2.14 bits per heavy atom. The fourth-order valence-corrected chi connectivity index (χ4v) is 2.54. The summed E-state index contributed by atoms with van der Waals surface area (Å²) >= 11 is 0. The van der Waals surface area contributed by atoms with E-state index in [1.54, 1.807) is 0 Å². The van der Waals surface area contributed by atoms with Crippen LogP contribution in [0.15, 0.2) is 54.6 Å². The van der Waals surface area contributed by atoms with Gasteiger partial charge in [0.2, 0.25) is 0 Å². The molecule has 2 aromatic carbocycles. The third-order valence-corrected chi connectivity index (χ3v) is 3.62. The van der Waals surface area contributed by atoms with Crippen molar-refractivity contribution in [2.75, 3.05) is 6.61 Å². The summed E-state index contributed by atoms with van der Waals surface area (Å²) in [6, 6.07) is 18.1. The lowest BCUT2D eigenvalue weighted by Gasteiger charge is -2.24. The molecule has 112 valence electrons. The lowest BCUT2D eigenvalue weighted by molar-refractivity contribution is -0.0361. The number of aliphatic hydroxyl groups is 1.